The Balaban J connectivity index is 1.23. The second-order valence-corrected chi connectivity index (χ2v) is 10.4. The van der Waals surface area contributed by atoms with Gasteiger partial charge in [0.1, 0.15) is 0 Å². The van der Waals surface area contributed by atoms with Gasteiger partial charge in [-0.1, -0.05) is 12.1 Å². The zero-order valence-electron chi connectivity index (χ0n) is 22.8. The van der Waals surface area contributed by atoms with Crippen LogP contribution in [0.4, 0.5) is 16.3 Å². The molecule has 0 amide bonds. The minimum absolute atomic E-state index is 0.213. The van der Waals surface area contributed by atoms with Crippen LogP contribution >= 0.6 is 0 Å². The number of nitrogens with zero attached hydrogens (tertiary/aromatic N) is 8. The fourth-order valence-corrected chi connectivity index (χ4v) is 5.42. The largest absolute Gasteiger partial charge is 0.378 e. The number of anilines is 2. The van der Waals surface area contributed by atoms with Crippen LogP contribution in [-0.2, 0) is 11.3 Å². The van der Waals surface area contributed by atoms with Crippen molar-refractivity contribution < 1.29 is 9.13 Å². The van der Waals surface area contributed by atoms with Crippen LogP contribution in [0, 0.1) is 0 Å². The Labute approximate surface area is 233 Å². The van der Waals surface area contributed by atoms with Crippen LogP contribution in [0.3, 0.4) is 0 Å². The molecule has 6 rings (SSSR count). The zero-order chi connectivity index (χ0) is 27.3. The maximum Gasteiger partial charge on any atom is 0.228 e. The number of morpholine rings is 1. The van der Waals surface area contributed by atoms with Crippen molar-refractivity contribution in [2.45, 2.75) is 19.4 Å². The average molecular weight is 546 g/mol. The topological polar surface area (TPSA) is 101 Å². The first kappa shape index (κ1) is 26.5. The number of nitrogens with two attached hydrogens (primary N) is 1. The van der Waals surface area contributed by atoms with Crippen molar-refractivity contribution in [3.63, 3.8) is 0 Å². The standard InChI is InChI=1S/C29H36FN9O/c30-8-1-2-9-36-11-13-37(14-12-36)21-22-3-5-24(6-4-22)39-10-7-25-26(23-19-32-28(31)33-20-23)34-29(35-27(25)39)38-15-17-40-18-16-38/h3-7,10,19-20H,1-2,8-9,11-18,21H2,(H2,31,32,33). The van der Waals surface area contributed by atoms with Crippen LogP contribution in [-0.4, -0.2) is 100 Å². The van der Waals surface area contributed by atoms with E-state index in [9.17, 15) is 4.39 Å². The molecule has 2 fully saturated rings. The molecule has 0 saturated carbocycles. The molecule has 5 heterocycles. The number of aromatic nitrogens is 5. The number of alkyl halides is 1. The van der Waals surface area contributed by atoms with Gasteiger partial charge in [0.15, 0.2) is 5.65 Å². The molecule has 2 saturated heterocycles. The summed E-state index contributed by atoms with van der Waals surface area (Å²) in [4.78, 5) is 25.4. The van der Waals surface area contributed by atoms with Gasteiger partial charge in [-0.25, -0.2) is 15.0 Å². The molecule has 3 aromatic heterocycles. The summed E-state index contributed by atoms with van der Waals surface area (Å²) in [5.74, 6) is 0.901. The molecule has 210 valence electrons. The molecule has 2 aliphatic heterocycles. The van der Waals surface area contributed by atoms with Crippen molar-refractivity contribution in [1.29, 1.82) is 0 Å². The molecule has 0 spiro atoms. The SMILES string of the molecule is Nc1ncc(-c2nc(N3CCOCC3)nc3c2ccn3-c2ccc(CN3CCN(CCCCF)CC3)cc2)cn1. The van der Waals surface area contributed by atoms with Gasteiger partial charge in [0.05, 0.1) is 25.6 Å². The minimum atomic E-state index is -0.213. The summed E-state index contributed by atoms with van der Waals surface area (Å²) in [6.07, 6.45) is 7.08. The minimum Gasteiger partial charge on any atom is -0.378 e. The molecule has 0 unspecified atom stereocenters. The second-order valence-electron chi connectivity index (χ2n) is 10.4. The van der Waals surface area contributed by atoms with Gasteiger partial charge in [-0.15, -0.1) is 0 Å². The number of hydrogen-bond acceptors (Lipinski definition) is 9. The third-order valence-corrected chi connectivity index (χ3v) is 7.71. The van der Waals surface area contributed by atoms with Gasteiger partial charge in [0, 0.05) is 81.0 Å². The number of hydrogen-bond donors (Lipinski definition) is 1. The third kappa shape index (κ3) is 5.91. The number of nitrogen functional groups attached to an aromatic ring is 1. The van der Waals surface area contributed by atoms with Crippen LogP contribution in [0.1, 0.15) is 18.4 Å². The first-order valence-electron chi connectivity index (χ1n) is 14.1. The molecule has 11 heteroatoms. The van der Waals surface area contributed by atoms with Gasteiger partial charge in [0.25, 0.3) is 0 Å². The number of unbranched alkanes of at least 4 members (excludes halogenated alkanes) is 1. The van der Waals surface area contributed by atoms with E-state index in [1.165, 1.54) is 5.56 Å². The molecular formula is C29H36FN9O. The summed E-state index contributed by atoms with van der Waals surface area (Å²) in [6.45, 7) is 8.67. The Morgan fingerprint density at radius 2 is 1.57 bits per heavy atom. The van der Waals surface area contributed by atoms with Crippen molar-refractivity contribution in [1.82, 2.24) is 34.3 Å². The lowest BCUT2D eigenvalue weighted by atomic mass is 10.1. The van der Waals surface area contributed by atoms with Crippen LogP contribution in [0.5, 0.6) is 0 Å². The van der Waals surface area contributed by atoms with Crippen LogP contribution in [0.25, 0.3) is 28.0 Å². The highest BCUT2D eigenvalue weighted by Gasteiger charge is 2.21. The van der Waals surface area contributed by atoms with Crippen LogP contribution in [0.15, 0.2) is 48.9 Å². The van der Waals surface area contributed by atoms with E-state index >= 15 is 0 Å². The third-order valence-electron chi connectivity index (χ3n) is 7.71. The molecule has 2 N–H and O–H groups in total. The van der Waals surface area contributed by atoms with E-state index in [1.54, 1.807) is 12.4 Å². The molecule has 10 nitrogen and oxygen atoms in total. The second kappa shape index (κ2) is 12.2. The number of halogens is 1. The smallest absolute Gasteiger partial charge is 0.228 e. The predicted octanol–water partition coefficient (Wildman–Crippen LogP) is 3.16. The van der Waals surface area contributed by atoms with Gasteiger partial charge < -0.3 is 24.8 Å². The number of ether oxygens (including phenoxy) is 1. The molecular weight excluding hydrogens is 509 g/mol. The fraction of sp³-hybridized carbons (Fsp3) is 0.448. The Morgan fingerprint density at radius 3 is 2.30 bits per heavy atom. The lowest BCUT2D eigenvalue weighted by Crippen LogP contribution is -2.46. The Morgan fingerprint density at radius 1 is 0.850 bits per heavy atom. The summed E-state index contributed by atoms with van der Waals surface area (Å²) in [7, 11) is 0. The van der Waals surface area contributed by atoms with Crippen LogP contribution in [0.2, 0.25) is 0 Å². The maximum absolute atomic E-state index is 12.4. The van der Waals surface area contributed by atoms with Crippen molar-refractivity contribution in [3.05, 3.63) is 54.5 Å². The van der Waals surface area contributed by atoms with Crippen molar-refractivity contribution >= 4 is 22.9 Å². The van der Waals surface area contributed by atoms with E-state index in [1.807, 2.05) is 12.3 Å². The van der Waals surface area contributed by atoms with Gasteiger partial charge in [-0.3, -0.25) is 9.29 Å². The molecule has 40 heavy (non-hydrogen) atoms. The van der Waals surface area contributed by atoms with Gasteiger partial charge in [-0.2, -0.15) is 4.98 Å². The summed E-state index contributed by atoms with van der Waals surface area (Å²) >= 11 is 0. The van der Waals surface area contributed by atoms with Crippen LogP contribution < -0.4 is 10.6 Å². The highest BCUT2D eigenvalue weighted by atomic mass is 19.1. The highest BCUT2D eigenvalue weighted by molar-refractivity contribution is 5.92. The van der Waals surface area contributed by atoms with E-state index in [0.717, 1.165) is 86.8 Å². The van der Waals surface area contributed by atoms with E-state index in [4.69, 9.17) is 20.4 Å². The highest BCUT2D eigenvalue weighted by Crippen LogP contribution is 2.30. The molecule has 0 atom stereocenters. The fourth-order valence-electron chi connectivity index (χ4n) is 5.42. The number of piperazine rings is 1. The van der Waals surface area contributed by atoms with Gasteiger partial charge in [0.2, 0.25) is 11.9 Å². The Hall–Kier alpha value is -3.67. The normalized spacial score (nSPS) is 17.1. The summed E-state index contributed by atoms with van der Waals surface area (Å²) in [6, 6.07) is 10.8. The lowest BCUT2D eigenvalue weighted by Gasteiger charge is -2.34. The Kier molecular flexibility index (Phi) is 8.12. The van der Waals surface area contributed by atoms with E-state index in [2.05, 4.69) is 53.5 Å². The molecule has 0 radical (unpaired) electrons. The van der Waals surface area contributed by atoms with Gasteiger partial charge >= 0.3 is 0 Å². The molecule has 2 aliphatic rings. The van der Waals surface area contributed by atoms with E-state index in [0.29, 0.717) is 25.6 Å². The van der Waals surface area contributed by atoms with Crippen molar-refractivity contribution in [2.24, 2.45) is 0 Å². The quantitative estimate of drug-likeness (QED) is 0.318. The predicted molar refractivity (Wildman–Crippen MR) is 154 cm³/mol. The van der Waals surface area contributed by atoms with Gasteiger partial charge in [-0.05, 0) is 43.1 Å². The van der Waals surface area contributed by atoms with E-state index < -0.39 is 0 Å². The van der Waals surface area contributed by atoms with Crippen molar-refractivity contribution in [3.8, 4) is 16.9 Å². The van der Waals surface area contributed by atoms with Crippen molar-refractivity contribution in [2.75, 3.05) is 76.3 Å². The average Bonchev–Trinajstić information content (AvgIpc) is 3.43. The zero-order valence-corrected chi connectivity index (χ0v) is 22.8. The number of rotatable bonds is 9. The summed E-state index contributed by atoms with van der Waals surface area (Å²) < 4.78 is 20.1. The molecule has 1 aromatic carbocycles. The molecule has 0 aliphatic carbocycles. The van der Waals surface area contributed by atoms with E-state index in [-0.39, 0.29) is 12.6 Å². The number of fused-ring (bicyclic) bond motifs is 1. The lowest BCUT2D eigenvalue weighted by molar-refractivity contribution is 0.122. The summed E-state index contributed by atoms with van der Waals surface area (Å²) in [5, 5.41) is 0.929. The molecule has 4 aromatic rings. The monoisotopic (exact) mass is 545 g/mol. The number of benzene rings is 1. The summed E-state index contributed by atoms with van der Waals surface area (Å²) in [5.41, 5.74) is 10.5. The first-order valence-corrected chi connectivity index (χ1v) is 14.1. The maximum atomic E-state index is 12.4. The molecule has 0 bridgehead atoms. The Bertz CT molecular complexity index is 1400. The first-order chi connectivity index (χ1) is 19.7.